The third-order valence-electron chi connectivity index (χ3n) is 3.05. The van der Waals surface area contributed by atoms with Gasteiger partial charge in [0.2, 0.25) is 11.1 Å². The average Bonchev–Trinajstić information content (AvgIpc) is 2.89. The van der Waals surface area contributed by atoms with E-state index in [9.17, 15) is 9.90 Å². The van der Waals surface area contributed by atoms with Gasteiger partial charge in [-0.2, -0.15) is 4.98 Å². The monoisotopic (exact) mass is 366 g/mol. The molecule has 0 bridgehead atoms. The fourth-order valence-electron chi connectivity index (χ4n) is 2.11. The Morgan fingerprint density at radius 3 is 3.00 bits per heavy atom. The highest BCUT2D eigenvalue weighted by Gasteiger charge is 2.27. The fraction of sp³-hybridized carbons (Fsp3) is 0.154. The van der Waals surface area contributed by atoms with Crippen LogP contribution in [0.25, 0.3) is 0 Å². The minimum absolute atomic E-state index is 0.104. The van der Waals surface area contributed by atoms with Gasteiger partial charge < -0.3 is 10.4 Å². The zero-order valence-electron chi connectivity index (χ0n) is 10.9. The van der Waals surface area contributed by atoms with E-state index in [0.29, 0.717) is 11.1 Å². The average molecular weight is 367 g/mol. The SMILES string of the molecule is CSc1nc2n(n1)C(c1cccc(Br)c1)C=C(C(=O)O)N2. The molecule has 2 heterocycles. The number of fused-ring (bicyclic) bond motifs is 1. The van der Waals surface area contributed by atoms with E-state index >= 15 is 0 Å². The van der Waals surface area contributed by atoms with E-state index in [4.69, 9.17) is 0 Å². The number of carbonyl (C=O) groups is 1. The Morgan fingerprint density at radius 1 is 1.52 bits per heavy atom. The van der Waals surface area contributed by atoms with Crippen molar-refractivity contribution >= 4 is 39.6 Å². The van der Waals surface area contributed by atoms with Crippen molar-refractivity contribution in [3.05, 3.63) is 46.1 Å². The Morgan fingerprint density at radius 2 is 2.33 bits per heavy atom. The van der Waals surface area contributed by atoms with Crippen molar-refractivity contribution in [3.8, 4) is 0 Å². The van der Waals surface area contributed by atoms with Gasteiger partial charge in [0.15, 0.2) is 0 Å². The molecule has 1 aromatic carbocycles. The van der Waals surface area contributed by atoms with Crippen LogP contribution in [-0.2, 0) is 4.79 Å². The molecule has 1 aliphatic heterocycles. The molecular weight excluding hydrogens is 356 g/mol. The van der Waals surface area contributed by atoms with Crippen LogP contribution < -0.4 is 5.32 Å². The van der Waals surface area contributed by atoms with Gasteiger partial charge in [0.1, 0.15) is 11.7 Å². The van der Waals surface area contributed by atoms with Gasteiger partial charge >= 0.3 is 5.97 Å². The number of aliphatic carboxylic acids is 1. The van der Waals surface area contributed by atoms with Crippen LogP contribution in [0.2, 0.25) is 0 Å². The first-order valence-corrected chi connectivity index (χ1v) is 8.08. The van der Waals surface area contributed by atoms with Crippen LogP contribution in [0, 0.1) is 0 Å². The largest absolute Gasteiger partial charge is 0.477 e. The maximum atomic E-state index is 11.3. The number of halogens is 1. The van der Waals surface area contributed by atoms with Gasteiger partial charge in [-0.3, -0.25) is 0 Å². The minimum atomic E-state index is -1.02. The molecule has 21 heavy (non-hydrogen) atoms. The van der Waals surface area contributed by atoms with Crippen molar-refractivity contribution in [2.45, 2.75) is 11.2 Å². The second-order valence-electron chi connectivity index (χ2n) is 4.38. The molecule has 1 aliphatic rings. The number of hydrogen-bond donors (Lipinski definition) is 2. The number of nitrogens with one attached hydrogen (secondary N) is 1. The number of carboxylic acids is 1. The van der Waals surface area contributed by atoms with Crippen molar-refractivity contribution in [2.75, 3.05) is 11.6 Å². The Labute approximate surface area is 133 Å². The molecular formula is C13H11BrN4O2S. The van der Waals surface area contributed by atoms with Crippen molar-refractivity contribution in [1.82, 2.24) is 14.8 Å². The summed E-state index contributed by atoms with van der Waals surface area (Å²) in [6, 6.07) is 7.39. The van der Waals surface area contributed by atoms with E-state index in [1.807, 2.05) is 30.5 Å². The van der Waals surface area contributed by atoms with E-state index in [1.165, 1.54) is 11.8 Å². The summed E-state index contributed by atoms with van der Waals surface area (Å²) < 4.78 is 2.62. The molecule has 0 fully saturated rings. The summed E-state index contributed by atoms with van der Waals surface area (Å²) in [5.41, 5.74) is 1.04. The minimum Gasteiger partial charge on any atom is -0.477 e. The molecule has 1 atom stereocenters. The lowest BCUT2D eigenvalue weighted by Gasteiger charge is -2.22. The van der Waals surface area contributed by atoms with Gasteiger partial charge in [-0.05, 0) is 30.0 Å². The zero-order valence-corrected chi connectivity index (χ0v) is 13.3. The Balaban J connectivity index is 2.12. The maximum Gasteiger partial charge on any atom is 0.352 e. The van der Waals surface area contributed by atoms with Gasteiger partial charge in [0.25, 0.3) is 0 Å². The van der Waals surface area contributed by atoms with Crippen molar-refractivity contribution in [2.24, 2.45) is 0 Å². The number of allylic oxidation sites excluding steroid dienone is 1. The van der Waals surface area contributed by atoms with Crippen LogP contribution in [0.4, 0.5) is 5.95 Å². The predicted octanol–water partition coefficient (Wildman–Crippen LogP) is 2.75. The van der Waals surface area contributed by atoms with Gasteiger partial charge in [0.05, 0.1) is 0 Å². The number of anilines is 1. The molecule has 0 amide bonds. The van der Waals surface area contributed by atoms with Gasteiger partial charge in [-0.15, -0.1) is 5.10 Å². The Hall–Kier alpha value is -1.80. The standard InChI is InChI=1S/C13H11BrN4O2S/c1-21-13-16-12-15-9(11(19)20)6-10(18(12)17-13)7-3-2-4-8(14)5-7/h2-6,10H,1H3,(H,19,20)(H,15,16,17). The molecule has 0 saturated heterocycles. The molecule has 108 valence electrons. The number of carboxylic acid groups (broad SMARTS) is 1. The normalized spacial score (nSPS) is 16.9. The second-order valence-corrected chi connectivity index (χ2v) is 6.07. The second kappa shape index (κ2) is 5.53. The quantitative estimate of drug-likeness (QED) is 0.813. The summed E-state index contributed by atoms with van der Waals surface area (Å²) in [6.45, 7) is 0. The topological polar surface area (TPSA) is 80.0 Å². The molecule has 1 aromatic heterocycles. The Bertz CT molecular complexity index is 744. The number of aromatic nitrogens is 3. The first kappa shape index (κ1) is 14.2. The molecule has 2 aromatic rings. The van der Waals surface area contributed by atoms with Gasteiger partial charge in [-0.25, -0.2) is 9.48 Å². The number of rotatable bonds is 3. The van der Waals surface area contributed by atoms with Crippen LogP contribution in [0.3, 0.4) is 0 Å². The van der Waals surface area contributed by atoms with E-state index in [-0.39, 0.29) is 11.7 Å². The van der Waals surface area contributed by atoms with Crippen molar-refractivity contribution in [1.29, 1.82) is 0 Å². The van der Waals surface area contributed by atoms with E-state index in [2.05, 4.69) is 31.3 Å². The molecule has 1 unspecified atom stereocenters. The molecule has 2 N–H and O–H groups in total. The molecule has 0 radical (unpaired) electrons. The molecule has 3 rings (SSSR count). The highest BCUT2D eigenvalue weighted by molar-refractivity contribution is 9.10. The van der Waals surface area contributed by atoms with E-state index < -0.39 is 5.97 Å². The number of thioether (sulfide) groups is 1. The van der Waals surface area contributed by atoms with Gasteiger partial charge in [0, 0.05) is 4.47 Å². The Kier molecular flexibility index (Phi) is 3.73. The predicted molar refractivity (Wildman–Crippen MR) is 83.4 cm³/mol. The number of nitrogens with zero attached hydrogens (tertiary/aromatic N) is 3. The first-order valence-electron chi connectivity index (χ1n) is 6.06. The summed E-state index contributed by atoms with van der Waals surface area (Å²) in [5, 5.41) is 17.0. The molecule has 0 saturated carbocycles. The van der Waals surface area contributed by atoms with Crippen LogP contribution in [0.5, 0.6) is 0 Å². The third kappa shape index (κ3) is 2.68. The first-order chi connectivity index (χ1) is 10.1. The molecule has 6 nitrogen and oxygen atoms in total. The van der Waals surface area contributed by atoms with Gasteiger partial charge in [-0.1, -0.05) is 39.8 Å². The summed E-state index contributed by atoms with van der Waals surface area (Å²) in [5.74, 6) is -0.584. The highest BCUT2D eigenvalue weighted by atomic mass is 79.9. The van der Waals surface area contributed by atoms with Crippen LogP contribution in [0.1, 0.15) is 11.6 Å². The third-order valence-corrected chi connectivity index (χ3v) is 4.08. The summed E-state index contributed by atoms with van der Waals surface area (Å²) in [7, 11) is 0. The van der Waals surface area contributed by atoms with E-state index in [1.54, 1.807) is 10.8 Å². The summed E-state index contributed by atoms with van der Waals surface area (Å²) in [6.07, 6.45) is 3.51. The van der Waals surface area contributed by atoms with Crippen LogP contribution >= 0.6 is 27.7 Å². The lowest BCUT2D eigenvalue weighted by Crippen LogP contribution is -2.24. The summed E-state index contributed by atoms with van der Waals surface area (Å²) >= 11 is 4.84. The smallest absolute Gasteiger partial charge is 0.352 e. The van der Waals surface area contributed by atoms with Crippen molar-refractivity contribution < 1.29 is 9.90 Å². The zero-order chi connectivity index (χ0) is 15.0. The molecule has 8 heteroatoms. The number of benzene rings is 1. The van der Waals surface area contributed by atoms with Crippen molar-refractivity contribution in [3.63, 3.8) is 0 Å². The fourth-order valence-corrected chi connectivity index (χ4v) is 2.88. The number of hydrogen-bond acceptors (Lipinski definition) is 5. The summed E-state index contributed by atoms with van der Waals surface area (Å²) in [4.78, 5) is 15.6. The lowest BCUT2D eigenvalue weighted by atomic mass is 10.0. The molecule has 0 aliphatic carbocycles. The highest BCUT2D eigenvalue weighted by Crippen LogP contribution is 2.31. The lowest BCUT2D eigenvalue weighted by molar-refractivity contribution is -0.132. The molecule has 0 spiro atoms. The maximum absolute atomic E-state index is 11.3. The van der Waals surface area contributed by atoms with E-state index in [0.717, 1.165) is 10.0 Å². The van der Waals surface area contributed by atoms with Crippen LogP contribution in [-0.4, -0.2) is 32.1 Å². The van der Waals surface area contributed by atoms with Crippen LogP contribution in [0.15, 0.2) is 45.7 Å².